The highest BCUT2D eigenvalue weighted by atomic mass is 19.3. The molecule has 0 aromatic heterocycles. The summed E-state index contributed by atoms with van der Waals surface area (Å²) in [7, 11) is 0. The highest BCUT2D eigenvalue weighted by Gasteiger charge is 2.48. The Morgan fingerprint density at radius 3 is 2.27 bits per heavy atom. The standard InChI is InChI=1S/C10H12F3NO/c1-9(2,15)10(12,13)7-5-6(14)3-4-8(7)11/h3-5,15H,14H2,1-2H3. The fourth-order valence-electron chi connectivity index (χ4n) is 1.11. The third-order valence-corrected chi connectivity index (χ3v) is 2.10. The van der Waals surface area contributed by atoms with Crippen LogP contribution in [0.15, 0.2) is 18.2 Å². The normalized spacial score (nSPS) is 12.9. The van der Waals surface area contributed by atoms with Crippen LogP contribution in [0.1, 0.15) is 19.4 Å². The van der Waals surface area contributed by atoms with E-state index >= 15 is 0 Å². The van der Waals surface area contributed by atoms with Gasteiger partial charge in [-0.15, -0.1) is 0 Å². The lowest BCUT2D eigenvalue weighted by atomic mass is 9.93. The SMILES string of the molecule is CC(C)(O)C(F)(F)c1cc(N)ccc1F. The Morgan fingerprint density at radius 1 is 1.27 bits per heavy atom. The number of aliphatic hydroxyl groups is 1. The lowest BCUT2D eigenvalue weighted by Gasteiger charge is -2.29. The first kappa shape index (κ1) is 11.8. The lowest BCUT2D eigenvalue weighted by Crippen LogP contribution is -2.40. The van der Waals surface area contributed by atoms with Gasteiger partial charge in [-0.3, -0.25) is 0 Å². The van der Waals surface area contributed by atoms with Crippen LogP contribution in [0.5, 0.6) is 0 Å². The van der Waals surface area contributed by atoms with Crippen molar-refractivity contribution in [3.63, 3.8) is 0 Å². The van der Waals surface area contributed by atoms with E-state index in [0.29, 0.717) is 0 Å². The summed E-state index contributed by atoms with van der Waals surface area (Å²) in [5, 5.41) is 9.26. The smallest absolute Gasteiger partial charge is 0.303 e. The summed E-state index contributed by atoms with van der Waals surface area (Å²) in [6.45, 7) is 1.82. The summed E-state index contributed by atoms with van der Waals surface area (Å²) in [4.78, 5) is 0. The molecule has 1 aromatic rings. The Labute approximate surface area is 85.5 Å². The fraction of sp³-hybridized carbons (Fsp3) is 0.400. The van der Waals surface area contributed by atoms with E-state index in [9.17, 15) is 18.3 Å². The van der Waals surface area contributed by atoms with Gasteiger partial charge >= 0.3 is 5.92 Å². The molecule has 0 aliphatic rings. The number of hydrogen-bond donors (Lipinski definition) is 2. The summed E-state index contributed by atoms with van der Waals surface area (Å²) in [6.07, 6.45) is 0. The molecule has 15 heavy (non-hydrogen) atoms. The van der Waals surface area contributed by atoms with Crippen LogP contribution in [0.3, 0.4) is 0 Å². The van der Waals surface area contributed by atoms with Crippen LogP contribution in [-0.2, 0) is 5.92 Å². The van der Waals surface area contributed by atoms with Crippen LogP contribution < -0.4 is 5.73 Å². The molecule has 3 N–H and O–H groups in total. The molecule has 0 aliphatic heterocycles. The van der Waals surface area contributed by atoms with E-state index in [1.54, 1.807) is 0 Å². The van der Waals surface area contributed by atoms with E-state index < -0.39 is 22.9 Å². The summed E-state index contributed by atoms with van der Waals surface area (Å²) in [6, 6.07) is 2.86. The summed E-state index contributed by atoms with van der Waals surface area (Å²) in [5.74, 6) is -4.77. The number of benzene rings is 1. The van der Waals surface area contributed by atoms with Gasteiger partial charge in [-0.05, 0) is 32.0 Å². The van der Waals surface area contributed by atoms with Crippen LogP contribution in [-0.4, -0.2) is 10.7 Å². The molecule has 0 amide bonds. The average Bonchev–Trinajstić information content (AvgIpc) is 2.07. The number of rotatable bonds is 2. The molecule has 0 saturated carbocycles. The van der Waals surface area contributed by atoms with Gasteiger partial charge in [-0.25, -0.2) is 4.39 Å². The van der Waals surface area contributed by atoms with Crippen LogP contribution in [0, 0.1) is 5.82 Å². The molecule has 0 spiro atoms. The molecule has 0 atom stereocenters. The van der Waals surface area contributed by atoms with E-state index in [4.69, 9.17) is 5.73 Å². The predicted molar refractivity (Wildman–Crippen MR) is 51.0 cm³/mol. The van der Waals surface area contributed by atoms with Crippen LogP contribution >= 0.6 is 0 Å². The minimum Gasteiger partial charge on any atom is -0.399 e. The second-order valence-corrected chi connectivity index (χ2v) is 3.87. The van der Waals surface area contributed by atoms with Crippen molar-refractivity contribution in [1.29, 1.82) is 0 Å². The van der Waals surface area contributed by atoms with Gasteiger partial charge in [0, 0.05) is 5.69 Å². The van der Waals surface area contributed by atoms with Crippen molar-refractivity contribution >= 4 is 5.69 Å². The van der Waals surface area contributed by atoms with E-state index in [-0.39, 0.29) is 5.69 Å². The highest BCUT2D eigenvalue weighted by Crippen LogP contribution is 2.40. The number of nitrogen functional groups attached to an aromatic ring is 1. The zero-order valence-electron chi connectivity index (χ0n) is 8.39. The molecule has 2 nitrogen and oxygen atoms in total. The van der Waals surface area contributed by atoms with Crippen molar-refractivity contribution < 1.29 is 18.3 Å². The van der Waals surface area contributed by atoms with Crippen molar-refractivity contribution in [2.24, 2.45) is 0 Å². The van der Waals surface area contributed by atoms with E-state index in [0.717, 1.165) is 26.0 Å². The summed E-state index contributed by atoms with van der Waals surface area (Å²) in [5.41, 5.74) is 2.07. The van der Waals surface area contributed by atoms with Crippen molar-refractivity contribution in [3.8, 4) is 0 Å². The third-order valence-electron chi connectivity index (χ3n) is 2.10. The molecule has 1 aromatic carbocycles. The Hall–Kier alpha value is -1.23. The number of hydrogen-bond acceptors (Lipinski definition) is 2. The maximum absolute atomic E-state index is 13.6. The average molecular weight is 219 g/mol. The molecule has 1 rings (SSSR count). The monoisotopic (exact) mass is 219 g/mol. The van der Waals surface area contributed by atoms with E-state index in [1.807, 2.05) is 0 Å². The minimum atomic E-state index is -3.69. The number of alkyl halides is 2. The molecule has 84 valence electrons. The summed E-state index contributed by atoms with van der Waals surface area (Å²) >= 11 is 0. The van der Waals surface area contributed by atoms with Crippen LogP contribution in [0.25, 0.3) is 0 Å². The number of nitrogens with two attached hydrogens (primary N) is 1. The van der Waals surface area contributed by atoms with Gasteiger partial charge in [0.05, 0.1) is 5.56 Å². The van der Waals surface area contributed by atoms with E-state index in [2.05, 4.69) is 0 Å². The molecule has 0 bridgehead atoms. The van der Waals surface area contributed by atoms with Gasteiger partial charge in [0.25, 0.3) is 0 Å². The van der Waals surface area contributed by atoms with Crippen molar-refractivity contribution in [3.05, 3.63) is 29.6 Å². The predicted octanol–water partition coefficient (Wildman–Crippen LogP) is 2.27. The molecule has 0 heterocycles. The maximum Gasteiger partial charge on any atom is 0.303 e. The van der Waals surface area contributed by atoms with Gasteiger partial charge in [-0.1, -0.05) is 0 Å². The zero-order chi connectivity index (χ0) is 11.9. The molecule has 0 aliphatic carbocycles. The first-order valence-electron chi connectivity index (χ1n) is 4.32. The quantitative estimate of drug-likeness (QED) is 0.749. The number of halogens is 3. The van der Waals surface area contributed by atoms with E-state index in [1.165, 1.54) is 6.07 Å². The Kier molecular flexibility index (Phi) is 2.69. The third kappa shape index (κ3) is 2.07. The Bertz CT molecular complexity index is 371. The highest BCUT2D eigenvalue weighted by molar-refractivity contribution is 5.43. The van der Waals surface area contributed by atoms with Gasteiger partial charge in [0.1, 0.15) is 11.4 Å². The minimum absolute atomic E-state index is 0.0234. The molecule has 0 unspecified atom stereocenters. The first-order chi connectivity index (χ1) is 6.66. The van der Waals surface area contributed by atoms with Gasteiger partial charge in [0.2, 0.25) is 0 Å². The molecular formula is C10H12F3NO. The topological polar surface area (TPSA) is 46.2 Å². The summed E-state index contributed by atoms with van der Waals surface area (Å²) < 4.78 is 40.3. The molecule has 5 heteroatoms. The largest absolute Gasteiger partial charge is 0.399 e. The molecule has 0 fully saturated rings. The Balaban J connectivity index is 3.32. The second kappa shape index (κ2) is 3.41. The van der Waals surface area contributed by atoms with Crippen molar-refractivity contribution in [2.45, 2.75) is 25.4 Å². The van der Waals surface area contributed by atoms with Gasteiger partial charge in [-0.2, -0.15) is 8.78 Å². The fourth-order valence-corrected chi connectivity index (χ4v) is 1.11. The molecular weight excluding hydrogens is 207 g/mol. The van der Waals surface area contributed by atoms with Crippen molar-refractivity contribution in [2.75, 3.05) is 5.73 Å². The number of anilines is 1. The Morgan fingerprint density at radius 2 is 1.80 bits per heavy atom. The molecule has 0 radical (unpaired) electrons. The lowest BCUT2D eigenvalue weighted by molar-refractivity contribution is -0.170. The van der Waals surface area contributed by atoms with Crippen molar-refractivity contribution in [1.82, 2.24) is 0 Å². The van der Waals surface area contributed by atoms with Crippen LogP contribution in [0.2, 0.25) is 0 Å². The maximum atomic E-state index is 13.6. The van der Waals surface area contributed by atoms with Crippen LogP contribution in [0.4, 0.5) is 18.9 Å². The van der Waals surface area contributed by atoms with Gasteiger partial charge < -0.3 is 10.8 Å². The molecule has 0 saturated heterocycles. The first-order valence-corrected chi connectivity index (χ1v) is 4.32. The van der Waals surface area contributed by atoms with Gasteiger partial charge in [0.15, 0.2) is 0 Å². The second-order valence-electron chi connectivity index (χ2n) is 3.87. The zero-order valence-corrected chi connectivity index (χ0v) is 8.39.